The van der Waals surface area contributed by atoms with E-state index in [2.05, 4.69) is 15.6 Å². The van der Waals surface area contributed by atoms with Crippen LogP contribution >= 0.6 is 0 Å². The molecule has 0 saturated carbocycles. The molecule has 0 atom stereocenters. The Kier molecular flexibility index (Phi) is 8.67. The summed E-state index contributed by atoms with van der Waals surface area (Å²) in [5.41, 5.74) is 0.993. The molecule has 0 heterocycles. The summed E-state index contributed by atoms with van der Waals surface area (Å²) in [5.74, 6) is 2.54. The quantitative estimate of drug-likeness (QED) is 0.406. The highest BCUT2D eigenvalue weighted by atomic mass is 16.5. The zero-order valence-electron chi connectivity index (χ0n) is 14.6. The lowest BCUT2D eigenvalue weighted by Crippen LogP contribution is -2.38. The first kappa shape index (κ1) is 18.9. The van der Waals surface area contributed by atoms with Gasteiger partial charge in [-0.05, 0) is 24.6 Å². The summed E-state index contributed by atoms with van der Waals surface area (Å²) in [6.45, 7) is 4.59. The van der Waals surface area contributed by atoms with E-state index in [0.29, 0.717) is 49.5 Å². The van der Waals surface area contributed by atoms with Gasteiger partial charge in [0.2, 0.25) is 5.75 Å². The van der Waals surface area contributed by atoms with E-state index in [4.69, 9.17) is 18.9 Å². The van der Waals surface area contributed by atoms with Crippen molar-refractivity contribution in [3.8, 4) is 17.2 Å². The second-order valence-electron chi connectivity index (χ2n) is 4.58. The summed E-state index contributed by atoms with van der Waals surface area (Å²) in [6, 6.07) is 3.81. The van der Waals surface area contributed by atoms with Crippen LogP contribution < -0.4 is 24.8 Å². The predicted octanol–water partition coefficient (Wildman–Crippen LogP) is 1.41. The topological polar surface area (TPSA) is 73.3 Å². The van der Waals surface area contributed by atoms with Gasteiger partial charge >= 0.3 is 0 Å². The molecule has 0 aliphatic rings. The van der Waals surface area contributed by atoms with E-state index in [-0.39, 0.29) is 0 Å². The minimum absolute atomic E-state index is 0.574. The second-order valence-corrected chi connectivity index (χ2v) is 4.58. The summed E-state index contributed by atoms with van der Waals surface area (Å²) in [7, 11) is 6.51. The lowest BCUT2D eigenvalue weighted by atomic mass is 10.2. The first-order valence-electron chi connectivity index (χ1n) is 7.51. The van der Waals surface area contributed by atoms with Gasteiger partial charge in [-0.3, -0.25) is 4.99 Å². The van der Waals surface area contributed by atoms with E-state index in [9.17, 15) is 0 Å². The molecule has 1 aromatic rings. The summed E-state index contributed by atoms with van der Waals surface area (Å²) >= 11 is 0. The normalized spacial score (nSPS) is 11.1. The van der Waals surface area contributed by atoms with E-state index < -0.39 is 0 Å². The van der Waals surface area contributed by atoms with Gasteiger partial charge < -0.3 is 29.6 Å². The average Bonchev–Trinajstić information content (AvgIpc) is 2.59. The second kappa shape index (κ2) is 10.6. The average molecular weight is 325 g/mol. The van der Waals surface area contributed by atoms with Crippen molar-refractivity contribution in [2.24, 2.45) is 4.99 Å². The van der Waals surface area contributed by atoms with Crippen LogP contribution in [-0.2, 0) is 11.3 Å². The van der Waals surface area contributed by atoms with Crippen molar-refractivity contribution in [2.75, 3.05) is 48.1 Å². The van der Waals surface area contributed by atoms with Gasteiger partial charge in [0.1, 0.15) is 0 Å². The summed E-state index contributed by atoms with van der Waals surface area (Å²) < 4.78 is 21.3. The molecule has 0 radical (unpaired) electrons. The van der Waals surface area contributed by atoms with Crippen molar-refractivity contribution in [3.05, 3.63) is 17.7 Å². The van der Waals surface area contributed by atoms with E-state index in [0.717, 1.165) is 5.56 Å². The fourth-order valence-electron chi connectivity index (χ4n) is 2.03. The maximum absolute atomic E-state index is 5.35. The number of methoxy groups -OCH3 is 3. The van der Waals surface area contributed by atoms with Crippen LogP contribution in [0.15, 0.2) is 17.1 Å². The zero-order chi connectivity index (χ0) is 17.1. The van der Waals surface area contributed by atoms with Crippen LogP contribution in [0.1, 0.15) is 12.5 Å². The largest absolute Gasteiger partial charge is 0.493 e. The lowest BCUT2D eigenvalue weighted by molar-refractivity contribution is 0.152. The lowest BCUT2D eigenvalue weighted by Gasteiger charge is -2.16. The van der Waals surface area contributed by atoms with Crippen molar-refractivity contribution < 1.29 is 18.9 Å². The van der Waals surface area contributed by atoms with Crippen LogP contribution in [0.3, 0.4) is 0 Å². The van der Waals surface area contributed by atoms with Crippen molar-refractivity contribution >= 4 is 5.96 Å². The molecule has 0 aliphatic heterocycles. The predicted molar refractivity (Wildman–Crippen MR) is 90.8 cm³/mol. The number of ether oxygens (including phenoxy) is 4. The Morgan fingerprint density at radius 3 is 2.17 bits per heavy atom. The molecule has 0 saturated heterocycles. The third-order valence-corrected chi connectivity index (χ3v) is 3.15. The van der Waals surface area contributed by atoms with E-state index in [1.54, 1.807) is 28.4 Å². The van der Waals surface area contributed by atoms with Gasteiger partial charge in [-0.15, -0.1) is 0 Å². The Morgan fingerprint density at radius 2 is 1.70 bits per heavy atom. The van der Waals surface area contributed by atoms with Crippen LogP contribution in [0.2, 0.25) is 0 Å². The van der Waals surface area contributed by atoms with E-state index in [1.807, 2.05) is 19.1 Å². The molecule has 0 spiro atoms. The standard InChI is InChI=1S/C16H27N3O4/c1-6-23-8-7-18-16(17-2)19-11-12-9-13(20-3)15(22-5)14(10-12)21-4/h9-10H,6-8,11H2,1-5H3,(H2,17,18,19). The van der Waals surface area contributed by atoms with Gasteiger partial charge in [-0.1, -0.05) is 0 Å². The highest BCUT2D eigenvalue weighted by Gasteiger charge is 2.13. The number of benzene rings is 1. The van der Waals surface area contributed by atoms with E-state index >= 15 is 0 Å². The number of guanidine groups is 1. The molecule has 0 bridgehead atoms. The molecule has 1 rings (SSSR count). The molecule has 2 N–H and O–H groups in total. The monoisotopic (exact) mass is 325 g/mol. The van der Waals surface area contributed by atoms with Gasteiger partial charge in [-0.25, -0.2) is 0 Å². The SMILES string of the molecule is CCOCCNC(=NC)NCc1cc(OC)c(OC)c(OC)c1. The van der Waals surface area contributed by atoms with Gasteiger partial charge in [0, 0.05) is 26.7 Å². The van der Waals surface area contributed by atoms with Gasteiger partial charge in [0.25, 0.3) is 0 Å². The van der Waals surface area contributed by atoms with Gasteiger partial charge in [-0.2, -0.15) is 0 Å². The number of nitrogens with one attached hydrogen (secondary N) is 2. The molecule has 0 unspecified atom stereocenters. The van der Waals surface area contributed by atoms with Gasteiger partial charge in [0.15, 0.2) is 17.5 Å². The van der Waals surface area contributed by atoms with Crippen molar-refractivity contribution in [3.63, 3.8) is 0 Å². The van der Waals surface area contributed by atoms with Crippen molar-refractivity contribution in [1.82, 2.24) is 10.6 Å². The Bertz CT molecular complexity index is 481. The number of hydrogen-bond acceptors (Lipinski definition) is 5. The molecular formula is C16H27N3O4. The molecule has 1 aromatic carbocycles. The van der Waals surface area contributed by atoms with Crippen LogP contribution in [0, 0.1) is 0 Å². The minimum atomic E-state index is 0.574. The maximum atomic E-state index is 5.35. The number of nitrogens with zero attached hydrogens (tertiary/aromatic N) is 1. The number of rotatable bonds is 9. The number of aliphatic imine (C=N–C) groups is 1. The fraction of sp³-hybridized carbons (Fsp3) is 0.562. The molecular weight excluding hydrogens is 298 g/mol. The van der Waals surface area contributed by atoms with E-state index in [1.165, 1.54) is 0 Å². The molecule has 7 heteroatoms. The van der Waals surface area contributed by atoms with Crippen molar-refractivity contribution in [2.45, 2.75) is 13.5 Å². The highest BCUT2D eigenvalue weighted by Crippen LogP contribution is 2.38. The van der Waals surface area contributed by atoms with Crippen LogP contribution in [0.5, 0.6) is 17.2 Å². The summed E-state index contributed by atoms with van der Waals surface area (Å²) in [6.07, 6.45) is 0. The molecule has 0 aromatic heterocycles. The van der Waals surface area contributed by atoms with Crippen molar-refractivity contribution in [1.29, 1.82) is 0 Å². The minimum Gasteiger partial charge on any atom is -0.493 e. The summed E-state index contributed by atoms with van der Waals surface area (Å²) in [4.78, 5) is 4.17. The first-order valence-corrected chi connectivity index (χ1v) is 7.51. The fourth-order valence-corrected chi connectivity index (χ4v) is 2.03. The van der Waals surface area contributed by atoms with Crippen LogP contribution in [-0.4, -0.2) is 54.1 Å². The molecule has 0 fully saturated rings. The smallest absolute Gasteiger partial charge is 0.203 e. The highest BCUT2D eigenvalue weighted by molar-refractivity contribution is 5.79. The third kappa shape index (κ3) is 5.86. The Hall–Kier alpha value is -2.15. The Balaban J connectivity index is 2.69. The Labute approximate surface area is 138 Å². The zero-order valence-corrected chi connectivity index (χ0v) is 14.6. The first-order chi connectivity index (χ1) is 11.2. The van der Waals surface area contributed by atoms with Gasteiger partial charge in [0.05, 0.1) is 27.9 Å². The molecule has 0 aliphatic carbocycles. The van der Waals surface area contributed by atoms with Crippen LogP contribution in [0.4, 0.5) is 0 Å². The molecule has 23 heavy (non-hydrogen) atoms. The molecule has 7 nitrogen and oxygen atoms in total. The third-order valence-electron chi connectivity index (χ3n) is 3.15. The summed E-state index contributed by atoms with van der Waals surface area (Å²) in [5, 5.41) is 6.42. The maximum Gasteiger partial charge on any atom is 0.203 e. The van der Waals surface area contributed by atoms with Crippen LogP contribution in [0.25, 0.3) is 0 Å². The molecule has 130 valence electrons. The molecule has 0 amide bonds. The number of hydrogen-bond donors (Lipinski definition) is 2. The Morgan fingerprint density at radius 1 is 1.04 bits per heavy atom.